The van der Waals surface area contributed by atoms with E-state index < -0.39 is 11.7 Å². The third kappa shape index (κ3) is 4.77. The lowest BCUT2D eigenvalue weighted by Crippen LogP contribution is -2.21. The molecule has 5 nitrogen and oxygen atoms in total. The molecule has 0 aliphatic carbocycles. The molecule has 0 aliphatic heterocycles. The van der Waals surface area contributed by atoms with Crippen LogP contribution in [0.2, 0.25) is 0 Å². The van der Waals surface area contributed by atoms with Gasteiger partial charge in [0.05, 0.1) is 5.56 Å². The van der Waals surface area contributed by atoms with Crippen molar-refractivity contribution in [3.63, 3.8) is 0 Å². The Morgan fingerprint density at radius 2 is 1.97 bits per heavy atom. The Hall–Kier alpha value is -3.39. The minimum atomic E-state index is -4.44. The molecule has 3 aromatic rings. The van der Waals surface area contributed by atoms with Crippen LogP contribution in [0.1, 0.15) is 16.7 Å². The van der Waals surface area contributed by atoms with E-state index in [9.17, 15) is 23.1 Å². The second kappa shape index (κ2) is 8.96. The summed E-state index contributed by atoms with van der Waals surface area (Å²) in [5.74, 6) is 0.183. The van der Waals surface area contributed by atoms with Crippen LogP contribution in [0.15, 0.2) is 61.3 Å². The van der Waals surface area contributed by atoms with Gasteiger partial charge in [-0.3, -0.25) is 9.78 Å². The molecule has 0 bridgehead atoms. The summed E-state index contributed by atoms with van der Waals surface area (Å²) in [5, 5.41) is 12.9. The molecule has 156 valence electrons. The maximum Gasteiger partial charge on any atom is 0.416 e. The zero-order valence-electron chi connectivity index (χ0n) is 15.9. The van der Waals surface area contributed by atoms with Crippen molar-refractivity contribution in [3.8, 4) is 11.5 Å². The summed E-state index contributed by atoms with van der Waals surface area (Å²) in [6.07, 6.45) is -1.38. The third-order valence-corrected chi connectivity index (χ3v) is 4.47. The highest BCUT2D eigenvalue weighted by Crippen LogP contribution is 2.35. The Morgan fingerprint density at radius 1 is 1.23 bits per heavy atom. The Bertz CT molecular complexity index is 1060. The highest BCUT2D eigenvalue weighted by molar-refractivity contribution is 5.90. The predicted molar refractivity (Wildman–Crippen MR) is 106 cm³/mol. The topological polar surface area (TPSA) is 71.5 Å². The van der Waals surface area contributed by atoms with Crippen molar-refractivity contribution in [2.45, 2.75) is 19.1 Å². The van der Waals surface area contributed by atoms with Gasteiger partial charge in [-0.2, -0.15) is 13.2 Å². The summed E-state index contributed by atoms with van der Waals surface area (Å²) >= 11 is 0. The minimum absolute atomic E-state index is 0.106. The van der Waals surface area contributed by atoms with Crippen molar-refractivity contribution >= 4 is 16.8 Å². The van der Waals surface area contributed by atoms with E-state index in [0.717, 1.165) is 29.2 Å². The van der Waals surface area contributed by atoms with Crippen LogP contribution in [0.4, 0.5) is 13.2 Å². The molecule has 0 fully saturated rings. The van der Waals surface area contributed by atoms with Gasteiger partial charge in [-0.05, 0) is 60.0 Å². The molecule has 0 saturated heterocycles. The fourth-order valence-corrected chi connectivity index (χ4v) is 3.07. The highest BCUT2D eigenvalue weighted by Gasteiger charge is 2.30. The van der Waals surface area contributed by atoms with E-state index in [0.29, 0.717) is 23.3 Å². The second-order valence-electron chi connectivity index (χ2n) is 6.43. The number of aliphatic hydroxyl groups excluding tert-OH is 1. The maximum atomic E-state index is 12.8. The molecule has 1 amide bonds. The molecule has 30 heavy (non-hydrogen) atoms. The smallest absolute Gasteiger partial charge is 0.416 e. The molecule has 0 saturated carbocycles. The van der Waals surface area contributed by atoms with E-state index in [1.807, 2.05) is 6.07 Å². The molecule has 0 aliphatic rings. The van der Waals surface area contributed by atoms with E-state index >= 15 is 0 Å². The highest BCUT2D eigenvalue weighted by atomic mass is 19.4. The number of nitrogens with zero attached hydrogens (tertiary/aromatic N) is 1. The first-order valence-electron chi connectivity index (χ1n) is 9.09. The summed E-state index contributed by atoms with van der Waals surface area (Å²) < 4.78 is 44.2. The lowest BCUT2D eigenvalue weighted by atomic mass is 9.98. The minimum Gasteiger partial charge on any atom is -0.455 e. The van der Waals surface area contributed by atoms with Gasteiger partial charge >= 0.3 is 6.18 Å². The van der Waals surface area contributed by atoms with Gasteiger partial charge in [-0.25, -0.2) is 0 Å². The number of carbonyl (C=O) groups excluding carboxylic acids is 1. The average Bonchev–Trinajstić information content (AvgIpc) is 2.73. The van der Waals surface area contributed by atoms with E-state index in [1.165, 1.54) is 12.1 Å². The van der Waals surface area contributed by atoms with Crippen molar-refractivity contribution < 1.29 is 27.8 Å². The first-order chi connectivity index (χ1) is 14.3. The first-order valence-corrected chi connectivity index (χ1v) is 9.09. The number of rotatable bonds is 7. The number of carbonyl (C=O) groups is 1. The van der Waals surface area contributed by atoms with Crippen LogP contribution < -0.4 is 10.1 Å². The molecule has 0 unspecified atom stereocenters. The van der Waals surface area contributed by atoms with Crippen molar-refractivity contribution in [3.05, 3.63) is 78.0 Å². The number of ether oxygens (including phenoxy) is 1. The van der Waals surface area contributed by atoms with Gasteiger partial charge in [0.25, 0.3) is 0 Å². The fraction of sp³-hybridized carbons (Fsp3) is 0.182. The Morgan fingerprint density at radius 3 is 2.60 bits per heavy atom. The Labute approximate surface area is 170 Å². The number of fused-ring (bicyclic) bond motifs is 1. The van der Waals surface area contributed by atoms with Crippen LogP contribution in [-0.4, -0.2) is 22.6 Å². The summed E-state index contributed by atoms with van der Waals surface area (Å²) in [7, 11) is 0. The number of pyridine rings is 1. The molecule has 2 N–H and O–H groups in total. The molecule has 3 rings (SSSR count). The van der Waals surface area contributed by atoms with Crippen molar-refractivity contribution in [1.29, 1.82) is 0 Å². The van der Waals surface area contributed by atoms with Gasteiger partial charge in [0.15, 0.2) is 5.75 Å². The second-order valence-corrected chi connectivity index (χ2v) is 6.43. The largest absolute Gasteiger partial charge is 0.455 e. The number of benzene rings is 2. The van der Waals surface area contributed by atoms with E-state index in [-0.39, 0.29) is 24.8 Å². The van der Waals surface area contributed by atoms with Crippen LogP contribution in [0, 0.1) is 0 Å². The lowest BCUT2D eigenvalue weighted by molar-refractivity contribution is -0.137. The summed E-state index contributed by atoms with van der Waals surface area (Å²) in [6, 6.07) is 9.56. The van der Waals surface area contributed by atoms with Crippen molar-refractivity contribution in [2.75, 3.05) is 6.61 Å². The van der Waals surface area contributed by atoms with E-state index in [2.05, 4.69) is 16.9 Å². The third-order valence-electron chi connectivity index (χ3n) is 4.47. The van der Waals surface area contributed by atoms with Gasteiger partial charge in [0.1, 0.15) is 11.3 Å². The molecular formula is C22H19F3N2O3. The van der Waals surface area contributed by atoms with Crippen molar-refractivity contribution in [2.24, 2.45) is 0 Å². The summed E-state index contributed by atoms with van der Waals surface area (Å²) in [5.41, 5.74) is 1.22. The SMILES string of the molecule is C=CC(=O)NCc1cc(Oc2ccc(C(F)(F)F)cc2)c2ncccc2c1CCO. The molecule has 2 aromatic carbocycles. The van der Waals surface area contributed by atoms with Gasteiger partial charge in [-0.1, -0.05) is 12.6 Å². The van der Waals surface area contributed by atoms with Crippen LogP contribution in [0.25, 0.3) is 10.9 Å². The predicted octanol–water partition coefficient (Wildman–Crippen LogP) is 4.38. The van der Waals surface area contributed by atoms with Crippen LogP contribution in [0.3, 0.4) is 0 Å². The van der Waals surface area contributed by atoms with E-state index in [1.54, 1.807) is 18.3 Å². The van der Waals surface area contributed by atoms with Crippen LogP contribution >= 0.6 is 0 Å². The normalized spacial score (nSPS) is 11.3. The molecule has 0 atom stereocenters. The fourth-order valence-electron chi connectivity index (χ4n) is 3.07. The van der Waals surface area contributed by atoms with E-state index in [4.69, 9.17) is 4.74 Å². The maximum absolute atomic E-state index is 12.8. The molecular weight excluding hydrogens is 397 g/mol. The molecule has 0 radical (unpaired) electrons. The standard InChI is InChI=1S/C22H19F3N2O3/c1-2-20(29)27-13-14-12-19(21-18(4-3-10-26-21)17(14)9-11-28)30-16-7-5-15(6-8-16)22(23,24)25/h2-8,10,12,28H,1,9,11,13H2,(H,27,29). The molecule has 0 spiro atoms. The number of aliphatic hydroxyl groups is 1. The van der Waals surface area contributed by atoms with Crippen LogP contribution in [-0.2, 0) is 23.9 Å². The number of alkyl halides is 3. The molecule has 1 heterocycles. The zero-order valence-corrected chi connectivity index (χ0v) is 15.9. The summed E-state index contributed by atoms with van der Waals surface area (Å²) in [4.78, 5) is 15.9. The van der Waals surface area contributed by atoms with Crippen molar-refractivity contribution in [1.82, 2.24) is 10.3 Å². The quantitative estimate of drug-likeness (QED) is 0.561. The number of amides is 1. The summed E-state index contributed by atoms with van der Waals surface area (Å²) in [6.45, 7) is 3.47. The number of hydrogen-bond acceptors (Lipinski definition) is 4. The number of hydrogen-bond donors (Lipinski definition) is 2. The number of halogens is 3. The molecule has 1 aromatic heterocycles. The number of nitrogens with one attached hydrogen (secondary N) is 1. The van der Waals surface area contributed by atoms with Crippen LogP contribution in [0.5, 0.6) is 11.5 Å². The van der Waals surface area contributed by atoms with Gasteiger partial charge in [0.2, 0.25) is 5.91 Å². The average molecular weight is 416 g/mol. The van der Waals surface area contributed by atoms with Gasteiger partial charge < -0.3 is 15.2 Å². The monoisotopic (exact) mass is 416 g/mol. The molecule has 8 heteroatoms. The zero-order chi connectivity index (χ0) is 21.7. The lowest BCUT2D eigenvalue weighted by Gasteiger charge is -2.17. The Balaban J connectivity index is 2.03. The van der Waals surface area contributed by atoms with Gasteiger partial charge in [0, 0.05) is 24.7 Å². The Kier molecular flexibility index (Phi) is 6.37. The number of aromatic nitrogens is 1. The first kappa shape index (κ1) is 21.3. The van der Waals surface area contributed by atoms with Gasteiger partial charge in [-0.15, -0.1) is 0 Å².